The van der Waals surface area contributed by atoms with E-state index >= 15 is 0 Å². The molecular formula is C35H34ClN7O2. The molecule has 0 bridgehead atoms. The van der Waals surface area contributed by atoms with Crippen molar-refractivity contribution in [2.24, 2.45) is 0 Å². The first-order valence-corrected chi connectivity index (χ1v) is 15.5. The number of anilines is 2. The summed E-state index contributed by atoms with van der Waals surface area (Å²) in [6.07, 6.45) is 5.97. The van der Waals surface area contributed by atoms with E-state index in [1.54, 1.807) is 35.1 Å². The summed E-state index contributed by atoms with van der Waals surface area (Å²) in [5.41, 5.74) is 5.46. The highest BCUT2D eigenvalue weighted by Crippen LogP contribution is 2.36. The molecule has 1 aliphatic heterocycles. The molecule has 0 saturated heterocycles. The quantitative estimate of drug-likeness (QED) is 0.198. The predicted molar refractivity (Wildman–Crippen MR) is 178 cm³/mol. The Hall–Kier alpha value is -4.73. The zero-order valence-corrected chi connectivity index (χ0v) is 26.3. The molecule has 0 aliphatic carbocycles. The molecule has 0 atom stereocenters. The Labute approximate surface area is 266 Å². The summed E-state index contributed by atoms with van der Waals surface area (Å²) in [6.45, 7) is 10.1. The number of ether oxygens (including phenoxy) is 1. The van der Waals surface area contributed by atoms with E-state index < -0.39 is 0 Å². The minimum Gasteiger partial charge on any atom is -0.494 e. The van der Waals surface area contributed by atoms with E-state index in [0.29, 0.717) is 33.5 Å². The van der Waals surface area contributed by atoms with Gasteiger partial charge in [-0.3, -0.25) is 14.1 Å². The lowest BCUT2D eigenvalue weighted by atomic mass is 9.78. The van der Waals surface area contributed by atoms with Crippen LogP contribution in [-0.2, 0) is 18.5 Å². The molecule has 228 valence electrons. The molecule has 10 heteroatoms. The first-order chi connectivity index (χ1) is 21.8. The van der Waals surface area contributed by atoms with Crippen LogP contribution in [0.1, 0.15) is 43.9 Å². The summed E-state index contributed by atoms with van der Waals surface area (Å²) in [5, 5.41) is 4.19. The Morgan fingerprint density at radius 2 is 1.87 bits per heavy atom. The Morgan fingerprint density at radius 3 is 2.67 bits per heavy atom. The Bertz CT molecular complexity index is 2090. The summed E-state index contributed by atoms with van der Waals surface area (Å²) in [7, 11) is 0. The Kier molecular flexibility index (Phi) is 7.51. The highest BCUT2D eigenvalue weighted by Gasteiger charge is 2.32. The maximum absolute atomic E-state index is 13.6. The van der Waals surface area contributed by atoms with Crippen LogP contribution in [0.2, 0.25) is 5.02 Å². The number of halogens is 1. The van der Waals surface area contributed by atoms with Crippen LogP contribution in [0.5, 0.6) is 5.75 Å². The number of para-hydroxylation sites is 1. The zero-order chi connectivity index (χ0) is 31.1. The van der Waals surface area contributed by atoms with Gasteiger partial charge in [-0.1, -0.05) is 62.7 Å². The van der Waals surface area contributed by atoms with Crippen LogP contribution in [0, 0.1) is 0 Å². The molecule has 6 aromatic rings. The molecule has 45 heavy (non-hydrogen) atoms. The van der Waals surface area contributed by atoms with Gasteiger partial charge >= 0.3 is 0 Å². The van der Waals surface area contributed by atoms with Gasteiger partial charge in [0.25, 0.3) is 5.56 Å². The molecule has 0 fully saturated rings. The first kappa shape index (κ1) is 29.0. The maximum Gasteiger partial charge on any atom is 0.270 e. The molecule has 0 amide bonds. The smallest absolute Gasteiger partial charge is 0.270 e. The topological polar surface area (TPSA) is 89.6 Å². The molecule has 0 saturated carbocycles. The molecule has 0 radical (unpaired) electrons. The van der Waals surface area contributed by atoms with Gasteiger partial charge in [0, 0.05) is 49.3 Å². The van der Waals surface area contributed by atoms with Crippen LogP contribution in [-0.4, -0.2) is 42.0 Å². The third-order valence-electron chi connectivity index (χ3n) is 8.25. The van der Waals surface area contributed by atoms with Gasteiger partial charge in [-0.05, 0) is 59.5 Å². The second-order valence-electron chi connectivity index (χ2n) is 12.1. The van der Waals surface area contributed by atoms with Crippen molar-refractivity contribution in [1.29, 1.82) is 0 Å². The summed E-state index contributed by atoms with van der Waals surface area (Å²) in [5.74, 6) is 1.73. The molecule has 0 spiro atoms. The zero-order valence-electron chi connectivity index (χ0n) is 25.5. The predicted octanol–water partition coefficient (Wildman–Crippen LogP) is 6.91. The van der Waals surface area contributed by atoms with Crippen LogP contribution in [0.4, 0.5) is 11.6 Å². The second kappa shape index (κ2) is 11.6. The molecule has 1 aliphatic rings. The molecule has 3 aromatic carbocycles. The second-order valence-corrected chi connectivity index (χ2v) is 12.5. The molecule has 1 N–H and O–H groups in total. The number of hydrogen-bond donors (Lipinski definition) is 1. The minimum absolute atomic E-state index is 0.00960. The fourth-order valence-corrected chi connectivity index (χ4v) is 6.49. The van der Waals surface area contributed by atoms with E-state index in [9.17, 15) is 4.79 Å². The Morgan fingerprint density at radius 1 is 1.04 bits per heavy atom. The largest absolute Gasteiger partial charge is 0.494 e. The number of fused-ring (bicyclic) bond motifs is 4. The fourth-order valence-electron chi connectivity index (χ4n) is 6.27. The van der Waals surface area contributed by atoms with Crippen molar-refractivity contribution in [3.05, 3.63) is 117 Å². The van der Waals surface area contributed by atoms with Crippen molar-refractivity contribution in [3.8, 4) is 11.4 Å². The van der Waals surface area contributed by atoms with Gasteiger partial charge in [0.15, 0.2) is 5.65 Å². The number of imidazole rings is 1. The summed E-state index contributed by atoms with van der Waals surface area (Å²) in [6, 6.07) is 22.1. The molecule has 4 heterocycles. The lowest BCUT2D eigenvalue weighted by Gasteiger charge is -2.40. The first-order valence-electron chi connectivity index (χ1n) is 15.1. The standard InChI is InChI=1S/C35H34ClN7O2/c1-4-17-45-26-12-9-23(10-13-26)20-41-21-24-18-25(11-14-28(24)35(2,3)22-41)39-33-38-19-27-31(40-33)42-16-15-37-34(42)43(32(27)44)30-8-6-5-7-29(30)36/h5-16,18-19H,4,17,20-22H2,1-3H3,(H,38,39,40). The van der Waals surface area contributed by atoms with E-state index in [1.165, 1.54) is 21.3 Å². The molecule has 3 aromatic heterocycles. The van der Waals surface area contributed by atoms with Crippen LogP contribution < -0.4 is 15.6 Å². The molecule has 7 rings (SSSR count). The lowest BCUT2D eigenvalue weighted by molar-refractivity contribution is 0.186. The molecule has 9 nitrogen and oxygen atoms in total. The average Bonchev–Trinajstić information content (AvgIpc) is 3.51. The van der Waals surface area contributed by atoms with Crippen molar-refractivity contribution in [3.63, 3.8) is 0 Å². The number of benzene rings is 3. The Balaban J connectivity index is 1.17. The summed E-state index contributed by atoms with van der Waals surface area (Å²) < 4.78 is 9.03. The SMILES string of the molecule is CCCOc1ccc(CN2Cc3cc(Nc4ncc5c(=O)n(-c6ccccc6Cl)c6nccn6c5n4)ccc3C(C)(C)C2)cc1. The fraction of sp³-hybridized carbons (Fsp3) is 0.257. The van der Waals surface area contributed by atoms with Crippen LogP contribution >= 0.6 is 11.6 Å². The van der Waals surface area contributed by atoms with E-state index in [2.05, 4.69) is 83.4 Å². The summed E-state index contributed by atoms with van der Waals surface area (Å²) in [4.78, 5) is 29.9. The van der Waals surface area contributed by atoms with Crippen LogP contribution in [0.3, 0.4) is 0 Å². The van der Waals surface area contributed by atoms with Gasteiger partial charge in [-0.15, -0.1) is 0 Å². The van der Waals surface area contributed by atoms with E-state index in [4.69, 9.17) is 21.3 Å². The van der Waals surface area contributed by atoms with Crippen LogP contribution in [0.15, 0.2) is 90.1 Å². The van der Waals surface area contributed by atoms with Gasteiger partial charge in [0.05, 0.1) is 17.3 Å². The molecular weight excluding hydrogens is 586 g/mol. The van der Waals surface area contributed by atoms with E-state index in [-0.39, 0.29) is 11.0 Å². The minimum atomic E-state index is -0.289. The van der Waals surface area contributed by atoms with Crippen molar-refractivity contribution in [1.82, 2.24) is 28.8 Å². The van der Waals surface area contributed by atoms with Gasteiger partial charge in [-0.25, -0.2) is 14.5 Å². The third kappa shape index (κ3) is 5.54. The molecule has 0 unspecified atom stereocenters. The van der Waals surface area contributed by atoms with Crippen molar-refractivity contribution >= 4 is 40.0 Å². The van der Waals surface area contributed by atoms with E-state index in [0.717, 1.165) is 44.1 Å². The number of hydrogen-bond acceptors (Lipinski definition) is 7. The van der Waals surface area contributed by atoms with Gasteiger partial charge in [0.1, 0.15) is 11.1 Å². The lowest BCUT2D eigenvalue weighted by Crippen LogP contribution is -2.41. The number of nitrogens with one attached hydrogen (secondary N) is 1. The van der Waals surface area contributed by atoms with Gasteiger partial charge < -0.3 is 10.1 Å². The average molecular weight is 620 g/mol. The van der Waals surface area contributed by atoms with Crippen molar-refractivity contribution in [2.45, 2.75) is 45.7 Å². The summed E-state index contributed by atoms with van der Waals surface area (Å²) >= 11 is 6.46. The van der Waals surface area contributed by atoms with Gasteiger partial charge in [-0.2, -0.15) is 4.98 Å². The number of aromatic nitrogens is 5. The monoisotopic (exact) mass is 619 g/mol. The normalized spacial score (nSPS) is 14.5. The van der Waals surface area contributed by atoms with E-state index in [1.807, 2.05) is 12.1 Å². The maximum atomic E-state index is 13.6. The van der Waals surface area contributed by atoms with Gasteiger partial charge in [0.2, 0.25) is 11.7 Å². The highest BCUT2D eigenvalue weighted by atomic mass is 35.5. The van der Waals surface area contributed by atoms with Crippen molar-refractivity contribution in [2.75, 3.05) is 18.5 Å². The highest BCUT2D eigenvalue weighted by molar-refractivity contribution is 6.32. The number of rotatable bonds is 8. The number of nitrogens with zero attached hydrogens (tertiary/aromatic N) is 6. The van der Waals surface area contributed by atoms with Crippen molar-refractivity contribution < 1.29 is 4.74 Å². The third-order valence-corrected chi connectivity index (χ3v) is 8.57. The van der Waals surface area contributed by atoms with Crippen LogP contribution in [0.25, 0.3) is 22.5 Å².